The SMILES string of the molecule is CCN(C(=O)CNC(=O)/C=C/c1ccc(NC(C)=O)nc1)c1ccc(Cl)c(COc2cccc3ccc(C)nc23)c1Cl. The normalized spacial score (nSPS) is 11.0. The van der Waals surface area contributed by atoms with Crippen molar-refractivity contribution in [2.24, 2.45) is 0 Å². The summed E-state index contributed by atoms with van der Waals surface area (Å²) in [7, 11) is 0. The maximum Gasteiger partial charge on any atom is 0.246 e. The number of amides is 3. The molecular weight excluding hydrogens is 577 g/mol. The fourth-order valence-corrected chi connectivity index (χ4v) is 4.72. The fourth-order valence-electron chi connectivity index (χ4n) is 4.14. The molecule has 9 nitrogen and oxygen atoms in total. The van der Waals surface area contributed by atoms with E-state index < -0.39 is 5.91 Å². The molecule has 2 N–H and O–H groups in total. The Kier molecular flexibility index (Phi) is 10.1. The maximum absolute atomic E-state index is 13.1. The van der Waals surface area contributed by atoms with Crippen molar-refractivity contribution in [1.82, 2.24) is 15.3 Å². The van der Waals surface area contributed by atoms with Gasteiger partial charge in [-0.1, -0.05) is 41.4 Å². The second-order valence-corrected chi connectivity index (χ2v) is 10.1. The smallest absolute Gasteiger partial charge is 0.246 e. The van der Waals surface area contributed by atoms with Gasteiger partial charge in [0.15, 0.2) is 0 Å². The lowest BCUT2D eigenvalue weighted by Gasteiger charge is -2.24. The number of ether oxygens (including phenoxy) is 1. The molecule has 0 radical (unpaired) electrons. The van der Waals surface area contributed by atoms with Gasteiger partial charge in [0, 0.05) is 47.4 Å². The summed E-state index contributed by atoms with van der Waals surface area (Å²) in [6, 6.07) is 16.2. The third-order valence-electron chi connectivity index (χ3n) is 6.20. The van der Waals surface area contributed by atoms with Gasteiger partial charge >= 0.3 is 0 Å². The lowest BCUT2D eigenvalue weighted by Crippen LogP contribution is -2.40. The molecular formula is C31H29Cl2N5O4. The molecule has 216 valence electrons. The van der Waals surface area contributed by atoms with Crippen molar-refractivity contribution in [3.8, 4) is 5.75 Å². The Morgan fingerprint density at radius 2 is 1.86 bits per heavy atom. The average molecular weight is 607 g/mol. The molecule has 0 aliphatic rings. The molecule has 4 aromatic rings. The van der Waals surface area contributed by atoms with Gasteiger partial charge in [0.2, 0.25) is 17.7 Å². The van der Waals surface area contributed by atoms with E-state index in [-0.39, 0.29) is 30.0 Å². The minimum atomic E-state index is -0.458. The number of halogens is 2. The molecule has 0 aliphatic heterocycles. The molecule has 0 aliphatic carbocycles. The molecule has 0 saturated heterocycles. The second-order valence-electron chi connectivity index (χ2n) is 9.28. The number of anilines is 2. The second kappa shape index (κ2) is 13.9. The van der Waals surface area contributed by atoms with E-state index in [4.69, 9.17) is 27.9 Å². The van der Waals surface area contributed by atoms with Gasteiger partial charge in [-0.15, -0.1) is 0 Å². The van der Waals surface area contributed by atoms with E-state index in [2.05, 4.69) is 20.6 Å². The monoisotopic (exact) mass is 605 g/mol. The van der Waals surface area contributed by atoms with Crippen LogP contribution in [0.4, 0.5) is 11.5 Å². The van der Waals surface area contributed by atoms with Crippen LogP contribution in [0.3, 0.4) is 0 Å². The van der Waals surface area contributed by atoms with Gasteiger partial charge in [-0.2, -0.15) is 0 Å². The highest BCUT2D eigenvalue weighted by Gasteiger charge is 2.21. The summed E-state index contributed by atoms with van der Waals surface area (Å²) >= 11 is 13.2. The Morgan fingerprint density at radius 3 is 2.57 bits per heavy atom. The van der Waals surface area contributed by atoms with Crippen LogP contribution in [-0.2, 0) is 21.0 Å². The van der Waals surface area contributed by atoms with Crippen molar-refractivity contribution in [3.05, 3.63) is 93.7 Å². The molecule has 2 aromatic carbocycles. The molecule has 0 spiro atoms. The van der Waals surface area contributed by atoms with Crippen LogP contribution >= 0.6 is 23.2 Å². The van der Waals surface area contributed by atoms with Crippen LogP contribution in [0.15, 0.2) is 66.9 Å². The largest absolute Gasteiger partial charge is 0.487 e. The first-order valence-corrected chi connectivity index (χ1v) is 13.9. The molecule has 0 bridgehead atoms. The van der Waals surface area contributed by atoms with E-state index >= 15 is 0 Å². The number of benzene rings is 2. The first-order chi connectivity index (χ1) is 20.2. The van der Waals surface area contributed by atoms with E-state index in [1.165, 1.54) is 24.1 Å². The molecule has 3 amide bonds. The highest BCUT2D eigenvalue weighted by molar-refractivity contribution is 6.38. The topological polar surface area (TPSA) is 114 Å². The number of carbonyl (C=O) groups is 3. The maximum atomic E-state index is 13.1. The van der Waals surface area contributed by atoms with Crippen LogP contribution in [-0.4, -0.2) is 40.8 Å². The van der Waals surface area contributed by atoms with Gasteiger partial charge in [0.1, 0.15) is 23.7 Å². The molecule has 0 saturated carbocycles. The predicted octanol–water partition coefficient (Wildman–Crippen LogP) is 5.96. The molecule has 42 heavy (non-hydrogen) atoms. The van der Waals surface area contributed by atoms with Gasteiger partial charge in [0.05, 0.1) is 17.3 Å². The summed E-state index contributed by atoms with van der Waals surface area (Å²) in [5, 5.41) is 6.79. The average Bonchev–Trinajstić information content (AvgIpc) is 2.97. The number of aryl methyl sites for hydroxylation is 1. The number of nitrogens with one attached hydrogen (secondary N) is 2. The third kappa shape index (κ3) is 7.63. The molecule has 2 heterocycles. The highest BCUT2D eigenvalue weighted by atomic mass is 35.5. The van der Waals surface area contributed by atoms with E-state index in [1.54, 1.807) is 30.3 Å². The molecule has 0 unspecified atom stereocenters. The highest BCUT2D eigenvalue weighted by Crippen LogP contribution is 2.35. The number of rotatable bonds is 10. The molecule has 0 fully saturated rings. The molecule has 11 heteroatoms. The van der Waals surface area contributed by atoms with Crippen molar-refractivity contribution in [2.45, 2.75) is 27.4 Å². The Labute approximate surface area is 253 Å². The summed E-state index contributed by atoms with van der Waals surface area (Å²) < 4.78 is 6.09. The number of pyridine rings is 2. The standard InChI is InChI=1S/C31H29Cl2N5O4/c1-4-38(29(41)17-35-28(40)15-10-21-9-14-27(34-16-21)37-20(3)39)25-13-12-24(32)23(30(25)33)18-42-26-7-5-6-22-11-8-19(2)36-31(22)26/h5-16H,4,17-18H2,1-3H3,(H,35,40)(H,34,37,39)/b15-10+. The fraction of sp³-hybridized carbons (Fsp3) is 0.194. The number of fused-ring (bicyclic) bond motifs is 1. The van der Waals surface area contributed by atoms with Gasteiger partial charge in [-0.05, 0) is 61.9 Å². The zero-order valence-corrected chi connectivity index (χ0v) is 24.8. The van der Waals surface area contributed by atoms with E-state index in [1.807, 2.05) is 44.2 Å². The van der Waals surface area contributed by atoms with Crippen molar-refractivity contribution in [2.75, 3.05) is 23.3 Å². The molecule has 4 rings (SSSR count). The number of para-hydroxylation sites is 1. The third-order valence-corrected chi connectivity index (χ3v) is 6.98. The van der Waals surface area contributed by atoms with Crippen molar-refractivity contribution >= 4 is 69.4 Å². The van der Waals surface area contributed by atoms with Gasteiger partial charge < -0.3 is 20.3 Å². The van der Waals surface area contributed by atoms with Crippen molar-refractivity contribution in [1.29, 1.82) is 0 Å². The number of hydrogen-bond acceptors (Lipinski definition) is 6. The summed E-state index contributed by atoms with van der Waals surface area (Å²) in [6.45, 7) is 5.24. The van der Waals surface area contributed by atoms with Crippen LogP contribution in [0, 0.1) is 6.92 Å². The molecule has 0 atom stereocenters. The van der Waals surface area contributed by atoms with Crippen LogP contribution in [0.2, 0.25) is 10.0 Å². The van der Waals surface area contributed by atoms with Crippen molar-refractivity contribution in [3.63, 3.8) is 0 Å². The number of aromatic nitrogens is 2. The van der Waals surface area contributed by atoms with Gasteiger partial charge in [0.25, 0.3) is 0 Å². The zero-order chi connectivity index (χ0) is 30.2. The minimum absolute atomic E-state index is 0.0637. The first kappa shape index (κ1) is 30.5. The summed E-state index contributed by atoms with van der Waals surface area (Å²) in [6.07, 6.45) is 4.37. The van der Waals surface area contributed by atoms with E-state index in [9.17, 15) is 14.4 Å². The quantitative estimate of drug-likeness (QED) is 0.215. The van der Waals surface area contributed by atoms with E-state index in [0.717, 1.165) is 16.6 Å². The van der Waals surface area contributed by atoms with Crippen LogP contribution in [0.1, 0.15) is 30.7 Å². The summed E-state index contributed by atoms with van der Waals surface area (Å²) in [5.74, 6) is -0.0436. The van der Waals surface area contributed by atoms with Gasteiger partial charge in [-0.25, -0.2) is 9.97 Å². The Balaban J connectivity index is 1.41. The zero-order valence-electron chi connectivity index (χ0n) is 23.3. The Morgan fingerprint density at radius 1 is 1.05 bits per heavy atom. The van der Waals surface area contributed by atoms with Crippen LogP contribution in [0.25, 0.3) is 17.0 Å². The van der Waals surface area contributed by atoms with Gasteiger partial charge in [-0.3, -0.25) is 14.4 Å². The summed E-state index contributed by atoms with van der Waals surface area (Å²) in [4.78, 5) is 46.7. The molecule has 2 aromatic heterocycles. The predicted molar refractivity (Wildman–Crippen MR) is 166 cm³/mol. The number of carbonyl (C=O) groups excluding carboxylic acids is 3. The number of nitrogens with zero attached hydrogens (tertiary/aromatic N) is 3. The van der Waals surface area contributed by atoms with E-state index in [0.29, 0.717) is 39.9 Å². The lowest BCUT2D eigenvalue weighted by molar-refractivity contribution is -0.122. The van der Waals surface area contributed by atoms with Crippen molar-refractivity contribution < 1.29 is 19.1 Å². The lowest BCUT2D eigenvalue weighted by atomic mass is 10.1. The summed E-state index contributed by atoms with van der Waals surface area (Å²) in [5.41, 5.74) is 3.23. The number of hydrogen-bond donors (Lipinski definition) is 2. The first-order valence-electron chi connectivity index (χ1n) is 13.1. The van der Waals surface area contributed by atoms with Crippen LogP contribution < -0.4 is 20.3 Å². The Bertz CT molecular complexity index is 1660. The number of likely N-dealkylation sites (N-methyl/N-ethyl adjacent to an activating group) is 1. The van der Waals surface area contributed by atoms with Crippen LogP contribution in [0.5, 0.6) is 5.75 Å². The Hall–Kier alpha value is -4.47. The minimum Gasteiger partial charge on any atom is -0.487 e.